The Kier molecular flexibility index (Phi) is 4.87. The highest BCUT2D eigenvalue weighted by molar-refractivity contribution is 5.94. The van der Waals surface area contributed by atoms with Gasteiger partial charge in [0.1, 0.15) is 12.4 Å². The molecular formula is C16H17FN2O2. The first-order chi connectivity index (χ1) is 10.1. The Bertz CT molecular complexity index is 614. The fraction of sp³-hybridized carbons (Fsp3) is 0.250. The van der Waals surface area contributed by atoms with Gasteiger partial charge in [-0.1, -0.05) is 17.7 Å². The highest BCUT2D eigenvalue weighted by atomic mass is 19.1. The predicted molar refractivity (Wildman–Crippen MR) is 77.8 cm³/mol. The molecule has 1 heterocycles. The van der Waals surface area contributed by atoms with Crippen molar-refractivity contribution >= 4 is 5.91 Å². The third-order valence-corrected chi connectivity index (χ3v) is 2.92. The fourth-order valence-corrected chi connectivity index (χ4v) is 1.76. The molecule has 0 saturated heterocycles. The lowest BCUT2D eigenvalue weighted by Crippen LogP contribution is -2.37. The molecule has 0 saturated carbocycles. The van der Waals surface area contributed by atoms with Crippen molar-refractivity contribution in [3.05, 3.63) is 59.7 Å². The van der Waals surface area contributed by atoms with Crippen LogP contribution in [0.25, 0.3) is 0 Å². The first kappa shape index (κ1) is 15.0. The number of carbonyl (C=O) groups is 1. The third-order valence-electron chi connectivity index (χ3n) is 2.92. The van der Waals surface area contributed by atoms with E-state index in [0.717, 1.165) is 17.5 Å². The Labute approximate surface area is 123 Å². The van der Waals surface area contributed by atoms with Gasteiger partial charge in [-0.2, -0.15) is 0 Å². The van der Waals surface area contributed by atoms with Crippen molar-refractivity contribution in [2.45, 2.75) is 19.9 Å². The lowest BCUT2D eigenvalue weighted by Gasteiger charge is -2.15. The number of hydrogen-bond donors (Lipinski definition) is 1. The Morgan fingerprint density at radius 1 is 1.33 bits per heavy atom. The standard InChI is InChI=1S/C16H17FN2O2/c1-11-3-5-13(6-4-11)21-10-12(2)19-16(20)14-7-8-18-9-15(14)17/h3-9,12H,10H2,1-2H3,(H,19,20). The van der Waals surface area contributed by atoms with Gasteiger partial charge in [0.05, 0.1) is 17.8 Å². The molecule has 0 bridgehead atoms. The average Bonchev–Trinajstić information content (AvgIpc) is 2.47. The first-order valence-electron chi connectivity index (χ1n) is 6.66. The van der Waals surface area contributed by atoms with Gasteiger partial charge in [0.25, 0.3) is 5.91 Å². The van der Waals surface area contributed by atoms with Gasteiger partial charge in [0.2, 0.25) is 0 Å². The van der Waals surface area contributed by atoms with E-state index in [2.05, 4.69) is 10.3 Å². The summed E-state index contributed by atoms with van der Waals surface area (Å²) in [5.41, 5.74) is 1.13. The number of nitrogens with zero attached hydrogens (tertiary/aromatic N) is 1. The second-order valence-electron chi connectivity index (χ2n) is 4.85. The molecule has 5 heteroatoms. The number of rotatable bonds is 5. The molecule has 0 aliphatic heterocycles. The summed E-state index contributed by atoms with van der Waals surface area (Å²) in [7, 11) is 0. The van der Waals surface area contributed by atoms with Crippen LogP contribution in [0.2, 0.25) is 0 Å². The molecule has 4 nitrogen and oxygen atoms in total. The highest BCUT2D eigenvalue weighted by Crippen LogP contribution is 2.11. The van der Waals surface area contributed by atoms with E-state index in [0.29, 0.717) is 6.61 Å². The number of nitrogens with one attached hydrogen (secondary N) is 1. The predicted octanol–water partition coefficient (Wildman–Crippen LogP) is 2.73. The van der Waals surface area contributed by atoms with Crippen LogP contribution in [-0.2, 0) is 0 Å². The number of aromatic nitrogens is 1. The monoisotopic (exact) mass is 288 g/mol. The number of amides is 1. The van der Waals surface area contributed by atoms with E-state index in [1.807, 2.05) is 31.2 Å². The van der Waals surface area contributed by atoms with Gasteiger partial charge >= 0.3 is 0 Å². The first-order valence-corrected chi connectivity index (χ1v) is 6.66. The molecule has 0 aliphatic carbocycles. The molecule has 1 N–H and O–H groups in total. The van der Waals surface area contributed by atoms with Gasteiger partial charge in [0.15, 0.2) is 5.82 Å². The minimum absolute atomic E-state index is 0.0211. The van der Waals surface area contributed by atoms with Gasteiger partial charge in [-0.15, -0.1) is 0 Å². The smallest absolute Gasteiger partial charge is 0.254 e. The zero-order valence-electron chi connectivity index (χ0n) is 12.0. The largest absolute Gasteiger partial charge is 0.491 e. The van der Waals surface area contributed by atoms with Crippen molar-refractivity contribution in [2.24, 2.45) is 0 Å². The second kappa shape index (κ2) is 6.83. The highest BCUT2D eigenvalue weighted by Gasteiger charge is 2.14. The minimum atomic E-state index is -0.637. The molecule has 1 aromatic carbocycles. The maximum absolute atomic E-state index is 13.4. The van der Waals surface area contributed by atoms with E-state index in [1.165, 1.54) is 12.3 Å². The average molecular weight is 288 g/mol. The summed E-state index contributed by atoms with van der Waals surface area (Å²) >= 11 is 0. The maximum Gasteiger partial charge on any atom is 0.254 e. The Hall–Kier alpha value is -2.43. The lowest BCUT2D eigenvalue weighted by molar-refractivity contribution is 0.0922. The van der Waals surface area contributed by atoms with Crippen LogP contribution in [0.5, 0.6) is 5.75 Å². The van der Waals surface area contributed by atoms with Crippen LogP contribution in [0.3, 0.4) is 0 Å². The second-order valence-corrected chi connectivity index (χ2v) is 4.85. The number of benzene rings is 1. The van der Waals surface area contributed by atoms with Crippen molar-refractivity contribution in [1.82, 2.24) is 10.3 Å². The lowest BCUT2D eigenvalue weighted by atomic mass is 10.2. The molecule has 21 heavy (non-hydrogen) atoms. The molecule has 0 radical (unpaired) electrons. The van der Waals surface area contributed by atoms with E-state index in [-0.39, 0.29) is 11.6 Å². The summed E-state index contributed by atoms with van der Waals surface area (Å²) < 4.78 is 19.0. The van der Waals surface area contributed by atoms with Crippen molar-refractivity contribution in [3.63, 3.8) is 0 Å². The van der Waals surface area contributed by atoms with Crippen LogP contribution in [0.1, 0.15) is 22.8 Å². The molecule has 1 atom stereocenters. The van der Waals surface area contributed by atoms with Gasteiger partial charge in [-0.3, -0.25) is 9.78 Å². The summed E-state index contributed by atoms with van der Waals surface area (Å²) in [6.07, 6.45) is 2.40. The van der Waals surface area contributed by atoms with Crippen molar-refractivity contribution in [1.29, 1.82) is 0 Å². The van der Waals surface area contributed by atoms with Crippen LogP contribution in [0.4, 0.5) is 4.39 Å². The number of hydrogen-bond acceptors (Lipinski definition) is 3. The third kappa shape index (κ3) is 4.27. The SMILES string of the molecule is Cc1ccc(OCC(C)NC(=O)c2ccncc2F)cc1. The zero-order valence-corrected chi connectivity index (χ0v) is 12.0. The number of carbonyl (C=O) groups excluding carboxylic acids is 1. The molecule has 2 aromatic rings. The molecule has 0 aliphatic rings. The van der Waals surface area contributed by atoms with Gasteiger partial charge in [-0.05, 0) is 32.0 Å². The number of ether oxygens (including phenoxy) is 1. The van der Waals surface area contributed by atoms with Crippen LogP contribution >= 0.6 is 0 Å². The fourth-order valence-electron chi connectivity index (χ4n) is 1.76. The van der Waals surface area contributed by atoms with Crippen molar-refractivity contribution < 1.29 is 13.9 Å². The van der Waals surface area contributed by atoms with E-state index in [9.17, 15) is 9.18 Å². The van der Waals surface area contributed by atoms with Gasteiger partial charge in [-0.25, -0.2) is 4.39 Å². The molecule has 0 spiro atoms. The van der Waals surface area contributed by atoms with E-state index < -0.39 is 11.7 Å². The summed E-state index contributed by atoms with van der Waals surface area (Å²) in [6.45, 7) is 4.10. The summed E-state index contributed by atoms with van der Waals surface area (Å²) in [5.74, 6) is -0.381. The van der Waals surface area contributed by atoms with Crippen LogP contribution < -0.4 is 10.1 Å². The van der Waals surface area contributed by atoms with Crippen LogP contribution in [-0.4, -0.2) is 23.5 Å². The number of pyridine rings is 1. The van der Waals surface area contributed by atoms with Crippen LogP contribution in [0, 0.1) is 12.7 Å². The van der Waals surface area contributed by atoms with Gasteiger partial charge < -0.3 is 10.1 Å². The van der Waals surface area contributed by atoms with E-state index >= 15 is 0 Å². The molecular weight excluding hydrogens is 271 g/mol. The summed E-state index contributed by atoms with van der Waals surface area (Å²) in [5, 5.41) is 2.69. The number of aryl methyl sites for hydroxylation is 1. The summed E-state index contributed by atoms with van der Waals surface area (Å²) in [6, 6.07) is 8.73. The molecule has 2 rings (SSSR count). The van der Waals surface area contributed by atoms with Crippen molar-refractivity contribution in [3.8, 4) is 5.75 Å². The number of halogens is 1. The van der Waals surface area contributed by atoms with Crippen LogP contribution in [0.15, 0.2) is 42.7 Å². The van der Waals surface area contributed by atoms with E-state index in [1.54, 1.807) is 6.92 Å². The molecule has 1 aromatic heterocycles. The Morgan fingerprint density at radius 3 is 2.71 bits per heavy atom. The molecule has 1 amide bonds. The Morgan fingerprint density at radius 2 is 2.05 bits per heavy atom. The zero-order chi connectivity index (χ0) is 15.2. The Balaban J connectivity index is 1.87. The maximum atomic E-state index is 13.4. The normalized spacial score (nSPS) is 11.8. The topological polar surface area (TPSA) is 51.2 Å². The quantitative estimate of drug-likeness (QED) is 0.920. The van der Waals surface area contributed by atoms with Crippen molar-refractivity contribution in [2.75, 3.05) is 6.61 Å². The molecule has 1 unspecified atom stereocenters. The molecule has 0 fully saturated rings. The summed E-state index contributed by atoms with van der Waals surface area (Å²) in [4.78, 5) is 15.5. The van der Waals surface area contributed by atoms with Gasteiger partial charge in [0, 0.05) is 6.20 Å². The minimum Gasteiger partial charge on any atom is -0.491 e. The van der Waals surface area contributed by atoms with E-state index in [4.69, 9.17) is 4.74 Å². The molecule has 110 valence electrons.